The van der Waals surface area contributed by atoms with Gasteiger partial charge in [0.15, 0.2) is 0 Å². The molecule has 1 aromatic heterocycles. The Balaban J connectivity index is 1.33. The van der Waals surface area contributed by atoms with Gasteiger partial charge in [0.1, 0.15) is 11.9 Å². The molecular weight excluding hydrogens is 300 g/mol. The predicted octanol–water partition coefficient (Wildman–Crippen LogP) is 3.20. The van der Waals surface area contributed by atoms with Gasteiger partial charge < -0.3 is 9.47 Å². The van der Waals surface area contributed by atoms with E-state index in [1.54, 1.807) is 12.4 Å². The molecule has 4 heteroatoms. The molecule has 0 N–H and O–H groups in total. The summed E-state index contributed by atoms with van der Waals surface area (Å²) in [6.45, 7) is 5.96. The van der Waals surface area contributed by atoms with Crippen molar-refractivity contribution in [3.63, 3.8) is 0 Å². The van der Waals surface area contributed by atoms with Crippen molar-refractivity contribution in [2.45, 2.75) is 38.0 Å². The average Bonchev–Trinajstić information content (AvgIpc) is 2.57. The van der Waals surface area contributed by atoms with E-state index in [0.717, 1.165) is 44.8 Å². The van der Waals surface area contributed by atoms with Crippen LogP contribution in [0.25, 0.3) is 0 Å². The summed E-state index contributed by atoms with van der Waals surface area (Å²) in [6, 6.07) is 12.5. The molecule has 2 fully saturated rings. The highest BCUT2D eigenvalue weighted by atomic mass is 16.5. The molecule has 0 unspecified atom stereocenters. The van der Waals surface area contributed by atoms with Crippen LogP contribution in [0.4, 0.5) is 0 Å². The van der Waals surface area contributed by atoms with Crippen molar-refractivity contribution in [2.75, 3.05) is 19.7 Å². The third kappa shape index (κ3) is 3.30. The molecule has 3 heterocycles. The average molecular weight is 324 g/mol. The highest BCUT2D eigenvalue weighted by molar-refractivity contribution is 5.26. The number of rotatable bonds is 4. The molecule has 2 aliphatic heterocycles. The first-order valence-electron chi connectivity index (χ1n) is 8.70. The first kappa shape index (κ1) is 15.6. The van der Waals surface area contributed by atoms with E-state index in [1.807, 2.05) is 12.1 Å². The largest absolute Gasteiger partial charge is 0.489 e. The van der Waals surface area contributed by atoms with Crippen molar-refractivity contribution >= 4 is 0 Å². The lowest BCUT2D eigenvalue weighted by Gasteiger charge is -2.53. The highest BCUT2D eigenvalue weighted by Crippen LogP contribution is 2.36. The van der Waals surface area contributed by atoms with Gasteiger partial charge in [-0.1, -0.05) is 24.3 Å². The van der Waals surface area contributed by atoms with Crippen LogP contribution in [-0.2, 0) is 11.3 Å². The zero-order valence-electron chi connectivity index (χ0n) is 14.1. The summed E-state index contributed by atoms with van der Waals surface area (Å²) in [4.78, 5) is 6.59. The van der Waals surface area contributed by atoms with Crippen molar-refractivity contribution < 1.29 is 9.47 Å². The van der Waals surface area contributed by atoms with Gasteiger partial charge in [0.25, 0.3) is 0 Å². The number of hydrogen-bond donors (Lipinski definition) is 0. The van der Waals surface area contributed by atoms with Crippen LogP contribution in [0.1, 0.15) is 24.0 Å². The molecule has 0 aliphatic carbocycles. The van der Waals surface area contributed by atoms with Crippen molar-refractivity contribution in [3.8, 4) is 5.75 Å². The molecule has 4 rings (SSSR count). The minimum absolute atomic E-state index is 0.0200. The van der Waals surface area contributed by atoms with Gasteiger partial charge >= 0.3 is 0 Å². The fourth-order valence-electron chi connectivity index (χ4n) is 3.82. The molecule has 1 aromatic carbocycles. The molecule has 24 heavy (non-hydrogen) atoms. The summed E-state index contributed by atoms with van der Waals surface area (Å²) < 4.78 is 12.2. The van der Waals surface area contributed by atoms with Crippen LogP contribution < -0.4 is 4.74 Å². The minimum atomic E-state index is -0.0200. The van der Waals surface area contributed by atoms with Crippen molar-refractivity contribution in [1.82, 2.24) is 9.88 Å². The number of pyridine rings is 1. The summed E-state index contributed by atoms with van der Waals surface area (Å²) >= 11 is 0. The van der Waals surface area contributed by atoms with Gasteiger partial charge in [-0.25, -0.2) is 0 Å². The van der Waals surface area contributed by atoms with Gasteiger partial charge in [0, 0.05) is 38.7 Å². The Morgan fingerprint density at radius 3 is 2.92 bits per heavy atom. The fourth-order valence-corrected chi connectivity index (χ4v) is 3.82. The van der Waals surface area contributed by atoms with Crippen LogP contribution in [0.5, 0.6) is 5.75 Å². The Morgan fingerprint density at radius 1 is 1.25 bits per heavy atom. The molecule has 1 spiro atoms. The van der Waals surface area contributed by atoms with E-state index in [2.05, 4.69) is 41.1 Å². The highest BCUT2D eigenvalue weighted by Gasteiger charge is 2.48. The topological polar surface area (TPSA) is 34.6 Å². The Kier molecular flexibility index (Phi) is 4.25. The standard InChI is InChI=1S/C20H24N2O2/c1-16-5-2-3-6-17(16)13-22-14-20(15-22)11-18(8-10-23-20)24-19-7-4-9-21-12-19/h2-7,9,12,18H,8,10-11,13-15H2,1H3/t18-/m1/s1. The van der Waals surface area contributed by atoms with Gasteiger partial charge in [-0.2, -0.15) is 0 Å². The summed E-state index contributed by atoms with van der Waals surface area (Å²) in [5.41, 5.74) is 2.75. The van der Waals surface area contributed by atoms with Gasteiger partial charge in [-0.05, 0) is 30.2 Å². The van der Waals surface area contributed by atoms with Crippen LogP contribution in [-0.4, -0.2) is 41.3 Å². The second kappa shape index (κ2) is 6.54. The summed E-state index contributed by atoms with van der Waals surface area (Å²) in [7, 11) is 0. The molecule has 0 radical (unpaired) electrons. The molecule has 0 bridgehead atoms. The number of ether oxygens (including phenoxy) is 2. The molecular formula is C20H24N2O2. The first-order chi connectivity index (χ1) is 11.7. The SMILES string of the molecule is Cc1ccccc1CN1CC2(C[C@H](Oc3cccnc3)CCO2)C1. The fraction of sp³-hybridized carbons (Fsp3) is 0.450. The number of likely N-dealkylation sites (tertiary alicyclic amines) is 1. The van der Waals surface area contributed by atoms with Crippen molar-refractivity contribution in [2.24, 2.45) is 0 Å². The monoisotopic (exact) mass is 324 g/mol. The second-order valence-corrected chi connectivity index (χ2v) is 7.02. The molecule has 2 aromatic rings. The molecule has 4 nitrogen and oxygen atoms in total. The number of nitrogens with zero attached hydrogens (tertiary/aromatic N) is 2. The molecule has 0 saturated carbocycles. The summed E-state index contributed by atoms with van der Waals surface area (Å²) in [5, 5.41) is 0. The number of aromatic nitrogens is 1. The van der Waals surface area contributed by atoms with E-state index in [9.17, 15) is 0 Å². The lowest BCUT2D eigenvalue weighted by atomic mass is 9.84. The lowest BCUT2D eigenvalue weighted by Crippen LogP contribution is -2.65. The van der Waals surface area contributed by atoms with Crippen molar-refractivity contribution in [3.05, 3.63) is 59.9 Å². The Morgan fingerprint density at radius 2 is 2.12 bits per heavy atom. The summed E-state index contributed by atoms with van der Waals surface area (Å²) in [6.07, 6.45) is 5.70. The van der Waals surface area contributed by atoms with Crippen LogP contribution >= 0.6 is 0 Å². The van der Waals surface area contributed by atoms with Crippen LogP contribution in [0.3, 0.4) is 0 Å². The maximum atomic E-state index is 6.13. The Bertz CT molecular complexity index is 683. The molecule has 2 saturated heterocycles. The first-order valence-corrected chi connectivity index (χ1v) is 8.70. The lowest BCUT2D eigenvalue weighted by molar-refractivity contribution is -0.188. The van der Waals surface area contributed by atoms with Gasteiger partial charge in [-0.15, -0.1) is 0 Å². The number of aryl methyl sites for hydroxylation is 1. The van der Waals surface area contributed by atoms with E-state index >= 15 is 0 Å². The smallest absolute Gasteiger partial charge is 0.138 e. The van der Waals surface area contributed by atoms with Gasteiger partial charge in [0.2, 0.25) is 0 Å². The van der Waals surface area contributed by atoms with Crippen LogP contribution in [0, 0.1) is 6.92 Å². The minimum Gasteiger partial charge on any atom is -0.489 e. The Labute approximate surface area is 143 Å². The van der Waals surface area contributed by atoms with Gasteiger partial charge in [0.05, 0.1) is 18.4 Å². The number of benzene rings is 1. The van der Waals surface area contributed by atoms with E-state index in [1.165, 1.54) is 11.1 Å². The predicted molar refractivity (Wildman–Crippen MR) is 93.0 cm³/mol. The maximum Gasteiger partial charge on any atom is 0.138 e. The van der Waals surface area contributed by atoms with E-state index in [4.69, 9.17) is 9.47 Å². The summed E-state index contributed by atoms with van der Waals surface area (Å²) in [5.74, 6) is 0.857. The quantitative estimate of drug-likeness (QED) is 0.865. The Hall–Kier alpha value is -1.91. The third-order valence-electron chi connectivity index (χ3n) is 5.06. The number of hydrogen-bond acceptors (Lipinski definition) is 4. The van der Waals surface area contributed by atoms with E-state index in [0.29, 0.717) is 0 Å². The van der Waals surface area contributed by atoms with E-state index < -0.39 is 0 Å². The molecule has 1 atom stereocenters. The molecule has 2 aliphatic rings. The van der Waals surface area contributed by atoms with Crippen molar-refractivity contribution in [1.29, 1.82) is 0 Å². The second-order valence-electron chi connectivity index (χ2n) is 7.02. The third-order valence-corrected chi connectivity index (χ3v) is 5.06. The normalized spacial score (nSPS) is 23.0. The molecule has 0 amide bonds. The zero-order valence-corrected chi connectivity index (χ0v) is 14.1. The molecule has 126 valence electrons. The van der Waals surface area contributed by atoms with Gasteiger partial charge in [-0.3, -0.25) is 9.88 Å². The van der Waals surface area contributed by atoms with Crippen LogP contribution in [0.2, 0.25) is 0 Å². The maximum absolute atomic E-state index is 6.13. The van der Waals surface area contributed by atoms with E-state index in [-0.39, 0.29) is 11.7 Å². The zero-order chi connectivity index (χ0) is 16.4. The van der Waals surface area contributed by atoms with Crippen LogP contribution in [0.15, 0.2) is 48.8 Å².